The van der Waals surface area contributed by atoms with E-state index in [1.165, 1.54) is 39.5 Å². The molecule has 3 aromatic carbocycles. The van der Waals surface area contributed by atoms with Gasteiger partial charge in [0.05, 0.1) is 31.9 Å². The van der Waals surface area contributed by atoms with Crippen molar-refractivity contribution in [3.05, 3.63) is 71.2 Å². The maximum absolute atomic E-state index is 13.6. The van der Waals surface area contributed by atoms with E-state index in [-0.39, 0.29) is 10.6 Å². The van der Waals surface area contributed by atoms with Crippen LogP contribution in [0.4, 0.5) is 11.4 Å². The summed E-state index contributed by atoms with van der Waals surface area (Å²) in [6.45, 7) is -0.449. The average molecular weight is 535 g/mol. The number of nitrogens with one attached hydrogen (secondary N) is 1. The van der Waals surface area contributed by atoms with E-state index in [4.69, 9.17) is 14.2 Å². The van der Waals surface area contributed by atoms with Crippen LogP contribution in [0.25, 0.3) is 0 Å². The van der Waals surface area contributed by atoms with E-state index in [1.807, 2.05) is 6.07 Å². The lowest BCUT2D eigenvalue weighted by molar-refractivity contribution is -0.114. The SMILES string of the molecule is COc1ccc(N(CC(=O)Nc2cccc(Br)c2)S(=O)(=O)c2ccc(OC)c(OC)c2)cc1. The Hall–Kier alpha value is -3.24. The summed E-state index contributed by atoms with van der Waals surface area (Å²) < 4.78 is 44.6. The van der Waals surface area contributed by atoms with Crippen LogP contribution in [0.3, 0.4) is 0 Å². The number of hydrogen-bond acceptors (Lipinski definition) is 6. The smallest absolute Gasteiger partial charge is 0.264 e. The number of carbonyl (C=O) groups is 1. The summed E-state index contributed by atoms with van der Waals surface area (Å²) in [7, 11) is 0.250. The molecule has 0 saturated carbocycles. The highest BCUT2D eigenvalue weighted by molar-refractivity contribution is 9.10. The van der Waals surface area contributed by atoms with Gasteiger partial charge in [0.15, 0.2) is 11.5 Å². The molecule has 1 amide bonds. The van der Waals surface area contributed by atoms with Crippen LogP contribution in [0, 0.1) is 0 Å². The monoisotopic (exact) mass is 534 g/mol. The van der Waals surface area contributed by atoms with Crippen LogP contribution in [0.2, 0.25) is 0 Å². The summed E-state index contributed by atoms with van der Waals surface area (Å²) in [4.78, 5) is 12.8. The number of nitrogens with zero attached hydrogens (tertiary/aromatic N) is 1. The molecule has 0 fully saturated rings. The second-order valence-electron chi connectivity index (χ2n) is 6.79. The number of benzene rings is 3. The zero-order valence-electron chi connectivity index (χ0n) is 18.2. The van der Waals surface area contributed by atoms with Crippen molar-refractivity contribution in [2.75, 3.05) is 37.5 Å². The summed E-state index contributed by atoms with van der Waals surface area (Å²) >= 11 is 3.35. The first kappa shape index (κ1) is 24.4. The van der Waals surface area contributed by atoms with Gasteiger partial charge >= 0.3 is 0 Å². The topological polar surface area (TPSA) is 94.2 Å². The highest BCUT2D eigenvalue weighted by atomic mass is 79.9. The van der Waals surface area contributed by atoms with Crippen LogP contribution >= 0.6 is 15.9 Å². The number of ether oxygens (including phenoxy) is 3. The summed E-state index contributed by atoms with van der Waals surface area (Å²) in [5.41, 5.74) is 0.836. The van der Waals surface area contributed by atoms with Crippen molar-refractivity contribution in [3.8, 4) is 17.2 Å². The van der Waals surface area contributed by atoms with E-state index in [0.29, 0.717) is 22.9 Å². The van der Waals surface area contributed by atoms with E-state index in [1.54, 1.807) is 42.5 Å². The van der Waals surface area contributed by atoms with Gasteiger partial charge in [-0.25, -0.2) is 8.42 Å². The van der Waals surface area contributed by atoms with Crippen LogP contribution in [0.1, 0.15) is 0 Å². The van der Waals surface area contributed by atoms with Gasteiger partial charge in [0.1, 0.15) is 12.3 Å². The molecule has 0 aliphatic rings. The van der Waals surface area contributed by atoms with Gasteiger partial charge in [-0.05, 0) is 54.6 Å². The van der Waals surface area contributed by atoms with Crippen molar-refractivity contribution < 1.29 is 27.4 Å². The molecule has 1 N–H and O–H groups in total. The predicted octanol–water partition coefficient (Wildman–Crippen LogP) is 4.31. The van der Waals surface area contributed by atoms with E-state index >= 15 is 0 Å². The van der Waals surface area contributed by atoms with Gasteiger partial charge < -0.3 is 19.5 Å². The average Bonchev–Trinajstić information content (AvgIpc) is 2.82. The number of methoxy groups -OCH3 is 3. The first-order valence-corrected chi connectivity index (χ1v) is 12.0. The minimum absolute atomic E-state index is 0.0498. The Balaban J connectivity index is 1.99. The molecular weight excluding hydrogens is 512 g/mol. The van der Waals surface area contributed by atoms with Gasteiger partial charge in [-0.3, -0.25) is 9.10 Å². The third kappa shape index (κ3) is 5.77. The lowest BCUT2D eigenvalue weighted by Crippen LogP contribution is -2.38. The number of rotatable bonds is 9. The fraction of sp³-hybridized carbons (Fsp3) is 0.174. The molecule has 0 spiro atoms. The summed E-state index contributed by atoms with van der Waals surface area (Å²) in [6, 6.07) is 17.7. The van der Waals surface area contributed by atoms with Gasteiger partial charge in [-0.1, -0.05) is 22.0 Å². The van der Waals surface area contributed by atoms with Crippen molar-refractivity contribution in [3.63, 3.8) is 0 Å². The molecule has 0 radical (unpaired) electrons. The molecule has 0 aliphatic carbocycles. The van der Waals surface area contributed by atoms with Crippen molar-refractivity contribution in [1.29, 1.82) is 0 Å². The van der Waals surface area contributed by atoms with Gasteiger partial charge in [-0.2, -0.15) is 0 Å². The zero-order chi connectivity index (χ0) is 24.0. The molecule has 3 rings (SSSR count). The molecule has 0 heterocycles. The number of sulfonamides is 1. The number of halogens is 1. The normalized spacial score (nSPS) is 10.9. The number of anilines is 2. The van der Waals surface area contributed by atoms with Gasteiger partial charge in [-0.15, -0.1) is 0 Å². The third-order valence-corrected chi connectivity index (χ3v) is 6.96. The Morgan fingerprint density at radius 3 is 2.21 bits per heavy atom. The van der Waals surface area contributed by atoms with Crippen LogP contribution in [0.15, 0.2) is 76.1 Å². The summed E-state index contributed by atoms with van der Waals surface area (Å²) in [5.74, 6) is 0.695. The number of hydrogen-bond donors (Lipinski definition) is 1. The van der Waals surface area contributed by atoms with Crippen LogP contribution in [0.5, 0.6) is 17.2 Å². The minimum Gasteiger partial charge on any atom is -0.497 e. The maximum Gasteiger partial charge on any atom is 0.264 e. The maximum atomic E-state index is 13.6. The lowest BCUT2D eigenvalue weighted by Gasteiger charge is -2.24. The Labute approximate surface area is 201 Å². The van der Waals surface area contributed by atoms with Crippen molar-refractivity contribution in [2.45, 2.75) is 4.90 Å². The third-order valence-electron chi connectivity index (χ3n) is 4.70. The second-order valence-corrected chi connectivity index (χ2v) is 9.56. The first-order valence-electron chi connectivity index (χ1n) is 9.72. The predicted molar refractivity (Wildman–Crippen MR) is 130 cm³/mol. The molecule has 0 aliphatic heterocycles. The van der Waals surface area contributed by atoms with Gasteiger partial charge in [0.25, 0.3) is 10.0 Å². The van der Waals surface area contributed by atoms with Crippen molar-refractivity contribution >= 4 is 43.2 Å². The lowest BCUT2D eigenvalue weighted by atomic mass is 10.3. The molecule has 0 atom stereocenters. The van der Waals surface area contributed by atoms with Gasteiger partial charge in [0.2, 0.25) is 5.91 Å². The molecule has 3 aromatic rings. The molecule has 0 unspecified atom stereocenters. The van der Waals surface area contributed by atoms with Crippen LogP contribution in [-0.4, -0.2) is 42.2 Å². The van der Waals surface area contributed by atoms with Crippen LogP contribution in [-0.2, 0) is 14.8 Å². The second kappa shape index (κ2) is 10.6. The molecular formula is C23H23BrN2O6S. The minimum atomic E-state index is -4.14. The van der Waals surface area contributed by atoms with Gasteiger partial charge in [0, 0.05) is 16.2 Å². The molecule has 10 heteroatoms. The quantitative estimate of drug-likeness (QED) is 0.439. The van der Waals surface area contributed by atoms with E-state index in [0.717, 1.165) is 8.78 Å². The highest BCUT2D eigenvalue weighted by Crippen LogP contribution is 2.32. The molecule has 8 nitrogen and oxygen atoms in total. The van der Waals surface area contributed by atoms with Crippen LogP contribution < -0.4 is 23.8 Å². The van der Waals surface area contributed by atoms with Crippen molar-refractivity contribution in [1.82, 2.24) is 0 Å². The number of carbonyl (C=O) groups excluding carboxylic acids is 1. The Bertz CT molecular complexity index is 1230. The molecule has 0 bridgehead atoms. The summed E-state index contributed by atoms with van der Waals surface area (Å²) in [5, 5.41) is 2.73. The highest BCUT2D eigenvalue weighted by Gasteiger charge is 2.28. The largest absolute Gasteiger partial charge is 0.497 e. The fourth-order valence-corrected chi connectivity index (χ4v) is 4.90. The Kier molecular flexibility index (Phi) is 7.83. The first-order chi connectivity index (χ1) is 15.8. The standard InChI is InChI=1S/C23H23BrN2O6S/c1-30-19-9-7-18(8-10-19)26(15-23(27)25-17-6-4-5-16(24)13-17)33(28,29)20-11-12-21(31-2)22(14-20)32-3/h4-14H,15H2,1-3H3,(H,25,27). The van der Waals surface area contributed by atoms with E-state index in [9.17, 15) is 13.2 Å². The molecule has 33 heavy (non-hydrogen) atoms. The Morgan fingerprint density at radius 1 is 0.909 bits per heavy atom. The summed E-state index contributed by atoms with van der Waals surface area (Å²) in [6.07, 6.45) is 0. The fourth-order valence-electron chi connectivity index (χ4n) is 3.06. The molecule has 0 saturated heterocycles. The van der Waals surface area contributed by atoms with E-state index < -0.39 is 22.5 Å². The number of amides is 1. The molecule has 0 aromatic heterocycles. The molecule has 174 valence electrons. The van der Waals surface area contributed by atoms with Crippen molar-refractivity contribution in [2.24, 2.45) is 0 Å². The Morgan fingerprint density at radius 2 is 1.61 bits per heavy atom. The zero-order valence-corrected chi connectivity index (χ0v) is 20.6. The van der Waals surface area contributed by atoms with E-state index in [2.05, 4.69) is 21.2 Å².